The van der Waals surface area contributed by atoms with Gasteiger partial charge in [-0.15, -0.1) is 65.7 Å². The molecule has 0 aliphatic rings. The number of pyridine rings is 2. The molecule has 7 aromatic rings. The SMILES string of the molecule is Cc1ccnc(-c2[c-]cc(-c3cc4ccccc4c4ccccc34)cc2)c1.[Ir].[c-]1ccccc1-c1ccccn1. The average Bonchev–Trinajstić information content (AvgIpc) is 3.02. The minimum Gasteiger partial charge on any atom is -0.305 e. The van der Waals surface area contributed by atoms with E-state index in [-0.39, 0.29) is 20.1 Å². The Morgan fingerprint density at radius 3 is 2.00 bits per heavy atom. The Bertz CT molecular complexity index is 1810. The first-order valence-corrected chi connectivity index (χ1v) is 13.0. The molecular formula is C37H26IrN2-2. The second-order valence-corrected chi connectivity index (χ2v) is 9.39. The van der Waals surface area contributed by atoms with Gasteiger partial charge >= 0.3 is 0 Å². The monoisotopic (exact) mass is 691 g/mol. The molecular weight excluding hydrogens is 665 g/mol. The minimum atomic E-state index is 0. The van der Waals surface area contributed by atoms with Gasteiger partial charge in [0.15, 0.2) is 0 Å². The van der Waals surface area contributed by atoms with Crippen molar-refractivity contribution >= 4 is 21.5 Å². The smallest absolute Gasteiger partial charge is 0.0163 e. The van der Waals surface area contributed by atoms with Gasteiger partial charge in [0, 0.05) is 32.5 Å². The van der Waals surface area contributed by atoms with Gasteiger partial charge in [-0.2, -0.15) is 0 Å². The molecule has 2 nitrogen and oxygen atoms in total. The van der Waals surface area contributed by atoms with Gasteiger partial charge in [-0.1, -0.05) is 89.5 Å². The number of aryl methyl sites for hydroxylation is 1. The molecule has 0 unspecified atom stereocenters. The topological polar surface area (TPSA) is 25.8 Å². The maximum Gasteiger partial charge on any atom is 0.0163 e. The Labute approximate surface area is 248 Å². The maximum atomic E-state index is 4.47. The van der Waals surface area contributed by atoms with E-state index in [1.807, 2.05) is 54.7 Å². The number of aromatic nitrogens is 2. The molecule has 0 aliphatic heterocycles. The largest absolute Gasteiger partial charge is 0.305 e. The van der Waals surface area contributed by atoms with Crippen molar-refractivity contribution in [2.75, 3.05) is 0 Å². The Hall–Kier alpha value is -4.43. The van der Waals surface area contributed by atoms with Crippen LogP contribution in [0.15, 0.2) is 140 Å². The summed E-state index contributed by atoms with van der Waals surface area (Å²) >= 11 is 0. The second-order valence-electron chi connectivity index (χ2n) is 9.39. The van der Waals surface area contributed by atoms with E-state index in [0.29, 0.717) is 0 Å². The molecule has 0 fully saturated rings. The zero-order chi connectivity index (χ0) is 26.4. The van der Waals surface area contributed by atoms with E-state index in [2.05, 4.69) is 108 Å². The second kappa shape index (κ2) is 12.6. The van der Waals surface area contributed by atoms with Crippen LogP contribution in [0.3, 0.4) is 0 Å². The van der Waals surface area contributed by atoms with Crippen molar-refractivity contribution in [3.05, 3.63) is 157 Å². The summed E-state index contributed by atoms with van der Waals surface area (Å²) in [5, 5.41) is 5.11. The van der Waals surface area contributed by atoms with Crippen LogP contribution in [0.4, 0.5) is 0 Å². The molecule has 1 radical (unpaired) electrons. The molecule has 3 heteroatoms. The number of hydrogen-bond donors (Lipinski definition) is 0. The Morgan fingerprint density at radius 1 is 0.550 bits per heavy atom. The molecule has 2 aromatic heterocycles. The minimum absolute atomic E-state index is 0. The molecule has 5 aromatic carbocycles. The predicted molar refractivity (Wildman–Crippen MR) is 162 cm³/mol. The zero-order valence-corrected chi connectivity index (χ0v) is 24.4. The van der Waals surface area contributed by atoms with Crippen molar-refractivity contribution in [3.8, 4) is 33.6 Å². The molecule has 0 amide bonds. The standard InChI is InChI=1S/C26H18N.C11H8N.Ir/c1-18-14-15-27-26(16-18)20-12-10-19(11-13-20)25-17-21-6-2-3-7-22(21)23-8-4-5-9-24(23)25;1-2-6-10(7-3-1)11-8-4-5-9-12-11;/h2-12,14-17H,1H3;1-6,8-9H;/q2*-1;. The van der Waals surface area contributed by atoms with Crippen molar-refractivity contribution in [2.24, 2.45) is 0 Å². The van der Waals surface area contributed by atoms with Gasteiger partial charge in [-0.05, 0) is 52.0 Å². The van der Waals surface area contributed by atoms with Gasteiger partial charge in [0.05, 0.1) is 0 Å². The summed E-state index contributed by atoms with van der Waals surface area (Å²) in [4.78, 5) is 8.69. The molecule has 195 valence electrons. The quantitative estimate of drug-likeness (QED) is 0.136. The summed E-state index contributed by atoms with van der Waals surface area (Å²) in [5.41, 5.74) is 7.62. The number of hydrogen-bond acceptors (Lipinski definition) is 2. The molecule has 2 heterocycles. The van der Waals surface area contributed by atoms with E-state index in [9.17, 15) is 0 Å². The third-order valence-corrected chi connectivity index (χ3v) is 6.73. The molecule has 0 aliphatic carbocycles. The van der Waals surface area contributed by atoms with E-state index in [1.165, 1.54) is 38.2 Å². The fourth-order valence-electron chi connectivity index (χ4n) is 4.80. The van der Waals surface area contributed by atoms with Crippen LogP contribution >= 0.6 is 0 Å². The third-order valence-electron chi connectivity index (χ3n) is 6.73. The van der Waals surface area contributed by atoms with Gasteiger partial charge in [0.2, 0.25) is 0 Å². The maximum absolute atomic E-state index is 4.47. The summed E-state index contributed by atoms with van der Waals surface area (Å²) in [5.74, 6) is 0. The van der Waals surface area contributed by atoms with Crippen LogP contribution in [0.25, 0.3) is 55.2 Å². The molecule has 40 heavy (non-hydrogen) atoms. The number of fused-ring (bicyclic) bond motifs is 3. The van der Waals surface area contributed by atoms with Crippen molar-refractivity contribution in [1.29, 1.82) is 0 Å². The number of rotatable bonds is 3. The summed E-state index contributed by atoms with van der Waals surface area (Å²) in [7, 11) is 0. The average molecular weight is 691 g/mol. The van der Waals surface area contributed by atoms with Crippen LogP contribution in [-0.2, 0) is 20.1 Å². The molecule has 0 N–H and O–H groups in total. The van der Waals surface area contributed by atoms with E-state index in [1.54, 1.807) is 6.20 Å². The fourth-order valence-corrected chi connectivity index (χ4v) is 4.80. The summed E-state index contributed by atoms with van der Waals surface area (Å²) in [6, 6.07) is 50.2. The number of benzene rings is 5. The van der Waals surface area contributed by atoms with Crippen LogP contribution < -0.4 is 0 Å². The van der Waals surface area contributed by atoms with Gasteiger partial charge in [-0.25, -0.2) is 0 Å². The predicted octanol–water partition coefficient (Wildman–Crippen LogP) is 9.38. The fraction of sp³-hybridized carbons (Fsp3) is 0.0270. The first kappa shape index (κ1) is 27.1. The number of nitrogens with zero attached hydrogens (tertiary/aromatic N) is 2. The van der Waals surface area contributed by atoms with Crippen LogP contribution in [0, 0.1) is 19.1 Å². The molecule has 0 saturated heterocycles. The van der Waals surface area contributed by atoms with Crippen LogP contribution in [0.5, 0.6) is 0 Å². The van der Waals surface area contributed by atoms with Crippen LogP contribution in [0.1, 0.15) is 5.56 Å². The molecule has 0 bridgehead atoms. The Morgan fingerprint density at radius 2 is 1.27 bits per heavy atom. The van der Waals surface area contributed by atoms with Gasteiger partial charge in [0.25, 0.3) is 0 Å². The zero-order valence-electron chi connectivity index (χ0n) is 22.0. The van der Waals surface area contributed by atoms with Crippen molar-refractivity contribution in [3.63, 3.8) is 0 Å². The van der Waals surface area contributed by atoms with Gasteiger partial charge in [-0.3, -0.25) is 0 Å². The van der Waals surface area contributed by atoms with Crippen LogP contribution in [-0.4, -0.2) is 9.97 Å². The van der Waals surface area contributed by atoms with E-state index in [0.717, 1.165) is 22.5 Å². The van der Waals surface area contributed by atoms with Crippen LogP contribution in [0.2, 0.25) is 0 Å². The Kier molecular flexibility index (Phi) is 8.56. The molecule has 0 saturated carbocycles. The van der Waals surface area contributed by atoms with E-state index in [4.69, 9.17) is 0 Å². The normalized spacial score (nSPS) is 10.4. The van der Waals surface area contributed by atoms with Crippen molar-refractivity contribution in [1.82, 2.24) is 9.97 Å². The Balaban J connectivity index is 0.000000209. The molecule has 7 rings (SSSR count). The summed E-state index contributed by atoms with van der Waals surface area (Å²) < 4.78 is 0. The first-order chi connectivity index (χ1) is 19.3. The van der Waals surface area contributed by atoms with Crippen molar-refractivity contribution in [2.45, 2.75) is 6.92 Å². The summed E-state index contributed by atoms with van der Waals surface area (Å²) in [6.07, 6.45) is 3.64. The third kappa shape index (κ3) is 5.92. The first-order valence-electron chi connectivity index (χ1n) is 13.0. The van der Waals surface area contributed by atoms with E-state index >= 15 is 0 Å². The molecule has 0 spiro atoms. The van der Waals surface area contributed by atoms with Gasteiger partial charge in [0.1, 0.15) is 0 Å². The van der Waals surface area contributed by atoms with E-state index < -0.39 is 0 Å². The molecule has 0 atom stereocenters. The van der Waals surface area contributed by atoms with Crippen molar-refractivity contribution < 1.29 is 20.1 Å². The summed E-state index contributed by atoms with van der Waals surface area (Å²) in [6.45, 7) is 2.08. The van der Waals surface area contributed by atoms with Gasteiger partial charge < -0.3 is 9.97 Å².